The van der Waals surface area contributed by atoms with Crippen molar-refractivity contribution in [2.75, 3.05) is 0 Å². The largest absolute Gasteiger partial charge is 0.573 e. The van der Waals surface area contributed by atoms with Gasteiger partial charge in [-0.2, -0.15) is 0 Å². The van der Waals surface area contributed by atoms with E-state index in [4.69, 9.17) is 0 Å². The van der Waals surface area contributed by atoms with Gasteiger partial charge in [-0.25, -0.2) is 13.2 Å². The second-order valence-corrected chi connectivity index (χ2v) is 7.45. The minimum atomic E-state index is -5.26. The molecule has 0 aliphatic rings. The maximum absolute atomic E-state index is 14.8. The molecule has 0 fully saturated rings. The highest BCUT2D eigenvalue weighted by molar-refractivity contribution is 5.74. The van der Waals surface area contributed by atoms with E-state index in [1.54, 1.807) is 6.07 Å². The molecule has 4 aromatic rings. The van der Waals surface area contributed by atoms with Crippen molar-refractivity contribution >= 4 is 0 Å². The van der Waals surface area contributed by atoms with Gasteiger partial charge < -0.3 is 4.74 Å². The molecule has 0 atom stereocenters. The van der Waals surface area contributed by atoms with Crippen molar-refractivity contribution in [3.8, 4) is 39.1 Å². The number of alkyl halides is 3. The second kappa shape index (κ2) is 8.65. The number of hydrogen-bond donors (Lipinski definition) is 0. The van der Waals surface area contributed by atoms with Crippen molar-refractivity contribution in [3.63, 3.8) is 0 Å². The molecule has 4 rings (SSSR count). The highest BCUT2D eigenvalue weighted by Crippen LogP contribution is 2.35. The molecule has 0 N–H and O–H groups in total. The molecule has 0 amide bonds. The van der Waals surface area contributed by atoms with Crippen molar-refractivity contribution in [3.05, 3.63) is 102 Å². The van der Waals surface area contributed by atoms with Gasteiger partial charge in [-0.15, -0.1) is 13.2 Å². The van der Waals surface area contributed by atoms with E-state index in [0.29, 0.717) is 17.7 Å². The van der Waals surface area contributed by atoms with Gasteiger partial charge in [0.05, 0.1) is 0 Å². The Balaban J connectivity index is 1.62. The number of halogens is 6. The van der Waals surface area contributed by atoms with E-state index in [0.717, 1.165) is 22.3 Å². The monoisotopic (exact) mass is 458 g/mol. The Morgan fingerprint density at radius 3 is 1.45 bits per heavy atom. The van der Waals surface area contributed by atoms with E-state index in [-0.39, 0.29) is 11.1 Å². The van der Waals surface area contributed by atoms with Crippen LogP contribution in [0.25, 0.3) is 33.4 Å². The van der Waals surface area contributed by atoms with Crippen molar-refractivity contribution in [1.82, 2.24) is 0 Å². The molecular formula is C26H16F6O. The summed E-state index contributed by atoms with van der Waals surface area (Å²) in [6, 6.07) is 20.7. The summed E-state index contributed by atoms with van der Waals surface area (Å²) in [5, 5.41) is 0. The lowest BCUT2D eigenvalue weighted by atomic mass is 9.97. The van der Waals surface area contributed by atoms with Gasteiger partial charge in [0.15, 0.2) is 11.6 Å². The fourth-order valence-corrected chi connectivity index (χ4v) is 3.46. The number of benzene rings is 4. The molecule has 0 bridgehead atoms. The van der Waals surface area contributed by atoms with Gasteiger partial charge in [0, 0.05) is 5.56 Å². The van der Waals surface area contributed by atoms with Crippen LogP contribution >= 0.6 is 0 Å². The first-order valence-electron chi connectivity index (χ1n) is 9.83. The third-order valence-corrected chi connectivity index (χ3v) is 5.10. The van der Waals surface area contributed by atoms with Gasteiger partial charge in [0.1, 0.15) is 5.82 Å². The number of aryl methyl sites for hydroxylation is 1. The van der Waals surface area contributed by atoms with Gasteiger partial charge in [0.25, 0.3) is 0 Å². The predicted octanol–water partition coefficient (Wildman–Crippen LogP) is 8.31. The van der Waals surface area contributed by atoms with Crippen molar-refractivity contribution in [2.24, 2.45) is 0 Å². The SMILES string of the molecule is Cc1ccc(-c2ccc(-c3ccc(-c4cc(F)c(OC(F)(F)F)c(F)c4)c(F)c3)cc2)cc1. The molecule has 168 valence electrons. The highest BCUT2D eigenvalue weighted by Gasteiger charge is 2.34. The average molecular weight is 458 g/mol. The molecule has 33 heavy (non-hydrogen) atoms. The summed E-state index contributed by atoms with van der Waals surface area (Å²) in [7, 11) is 0. The van der Waals surface area contributed by atoms with Crippen LogP contribution in [0, 0.1) is 24.4 Å². The Labute approximate surface area is 185 Å². The Hall–Kier alpha value is -3.74. The van der Waals surface area contributed by atoms with Crippen LogP contribution in [0.15, 0.2) is 78.9 Å². The normalized spacial score (nSPS) is 11.5. The van der Waals surface area contributed by atoms with Gasteiger partial charge in [-0.1, -0.05) is 66.2 Å². The van der Waals surface area contributed by atoms with E-state index < -0.39 is 29.6 Å². The third kappa shape index (κ3) is 5.03. The lowest BCUT2D eigenvalue weighted by Crippen LogP contribution is -2.19. The summed E-state index contributed by atoms with van der Waals surface area (Å²) in [6.07, 6.45) is -5.26. The maximum Gasteiger partial charge on any atom is 0.573 e. The minimum absolute atomic E-state index is 0.161. The van der Waals surface area contributed by atoms with Gasteiger partial charge in [-0.3, -0.25) is 0 Å². The number of hydrogen-bond acceptors (Lipinski definition) is 1. The van der Waals surface area contributed by atoms with E-state index in [1.165, 1.54) is 12.1 Å². The topological polar surface area (TPSA) is 9.23 Å². The van der Waals surface area contributed by atoms with Crippen LogP contribution in [-0.4, -0.2) is 6.36 Å². The summed E-state index contributed by atoms with van der Waals surface area (Å²) in [5.41, 5.74) is 4.02. The predicted molar refractivity (Wildman–Crippen MR) is 114 cm³/mol. The number of ether oxygens (including phenoxy) is 1. The summed E-state index contributed by atoms with van der Waals surface area (Å²) >= 11 is 0. The van der Waals surface area contributed by atoms with Crippen LogP contribution in [0.1, 0.15) is 5.56 Å². The maximum atomic E-state index is 14.8. The molecule has 4 aromatic carbocycles. The number of rotatable bonds is 4. The molecule has 0 saturated heterocycles. The molecule has 0 aliphatic heterocycles. The molecule has 0 saturated carbocycles. The first-order valence-corrected chi connectivity index (χ1v) is 9.83. The lowest BCUT2D eigenvalue weighted by Gasteiger charge is -2.13. The van der Waals surface area contributed by atoms with Crippen LogP contribution < -0.4 is 4.74 Å². The third-order valence-electron chi connectivity index (χ3n) is 5.10. The zero-order chi connectivity index (χ0) is 23.8. The molecule has 0 spiro atoms. The van der Waals surface area contributed by atoms with Crippen LogP contribution in [0.3, 0.4) is 0 Å². The van der Waals surface area contributed by atoms with Gasteiger partial charge in [0.2, 0.25) is 5.75 Å². The Morgan fingerprint density at radius 2 is 0.970 bits per heavy atom. The zero-order valence-corrected chi connectivity index (χ0v) is 17.2. The Bertz CT molecular complexity index is 1270. The van der Waals surface area contributed by atoms with Crippen molar-refractivity contribution < 1.29 is 31.1 Å². The van der Waals surface area contributed by atoms with E-state index >= 15 is 0 Å². The van der Waals surface area contributed by atoms with E-state index in [9.17, 15) is 26.3 Å². The van der Waals surface area contributed by atoms with Crippen LogP contribution in [0.5, 0.6) is 5.75 Å². The van der Waals surface area contributed by atoms with E-state index in [2.05, 4.69) is 4.74 Å². The molecule has 0 aromatic heterocycles. The molecule has 0 heterocycles. The minimum Gasteiger partial charge on any atom is -0.399 e. The fourth-order valence-electron chi connectivity index (χ4n) is 3.46. The summed E-state index contributed by atoms with van der Waals surface area (Å²) in [5.74, 6) is -5.54. The van der Waals surface area contributed by atoms with Crippen LogP contribution in [0.4, 0.5) is 26.3 Å². The quantitative estimate of drug-likeness (QED) is 0.280. The van der Waals surface area contributed by atoms with Crippen LogP contribution in [-0.2, 0) is 0 Å². The molecular weight excluding hydrogens is 442 g/mol. The van der Waals surface area contributed by atoms with Gasteiger partial charge in [-0.05, 0) is 52.9 Å². The van der Waals surface area contributed by atoms with Crippen LogP contribution in [0.2, 0.25) is 0 Å². The molecule has 0 aliphatic carbocycles. The lowest BCUT2D eigenvalue weighted by molar-refractivity contribution is -0.276. The van der Waals surface area contributed by atoms with Gasteiger partial charge >= 0.3 is 6.36 Å². The first-order chi connectivity index (χ1) is 15.6. The standard InChI is InChI=1S/C26H16F6O/c1-15-2-4-16(5-3-15)17-6-8-18(9-7-17)19-10-11-21(22(27)12-19)20-13-23(28)25(24(29)14-20)33-26(30,31)32/h2-14H,1H3. The molecule has 7 heteroatoms. The summed E-state index contributed by atoms with van der Waals surface area (Å²) in [6.45, 7) is 2.00. The molecule has 0 radical (unpaired) electrons. The smallest absolute Gasteiger partial charge is 0.399 e. The highest BCUT2D eigenvalue weighted by atomic mass is 19.4. The first kappa shape index (κ1) is 22.5. The van der Waals surface area contributed by atoms with E-state index in [1.807, 2.05) is 55.5 Å². The Kier molecular flexibility index (Phi) is 5.89. The fraction of sp³-hybridized carbons (Fsp3) is 0.0769. The zero-order valence-electron chi connectivity index (χ0n) is 17.2. The summed E-state index contributed by atoms with van der Waals surface area (Å²) < 4.78 is 83.1. The van der Waals surface area contributed by atoms with Crippen molar-refractivity contribution in [1.29, 1.82) is 0 Å². The van der Waals surface area contributed by atoms with Crippen molar-refractivity contribution in [2.45, 2.75) is 13.3 Å². The molecule has 0 unspecified atom stereocenters. The molecule has 1 nitrogen and oxygen atoms in total. The average Bonchev–Trinajstić information content (AvgIpc) is 2.76. The second-order valence-electron chi connectivity index (χ2n) is 7.45. The summed E-state index contributed by atoms with van der Waals surface area (Å²) in [4.78, 5) is 0. The Morgan fingerprint density at radius 1 is 0.545 bits per heavy atom.